The normalized spacial score (nSPS) is 24.4. The fraction of sp³-hybridized carbons (Fsp3) is 0.769. The molecule has 1 rings (SSSR count). The molecule has 100 valence electrons. The summed E-state index contributed by atoms with van der Waals surface area (Å²) < 4.78 is 4.73. The average Bonchev–Trinajstić information content (AvgIpc) is 2.76. The molecule has 1 aliphatic heterocycles. The molecule has 1 fully saturated rings. The Labute approximate surface area is 108 Å². The summed E-state index contributed by atoms with van der Waals surface area (Å²) in [7, 11) is 1.36. The zero-order chi connectivity index (χ0) is 13.7. The van der Waals surface area contributed by atoms with Crippen LogP contribution in [0.15, 0.2) is 0 Å². The zero-order valence-corrected chi connectivity index (χ0v) is 11.2. The molecule has 0 aliphatic carbocycles. The van der Waals surface area contributed by atoms with Crippen LogP contribution in [0, 0.1) is 29.1 Å². The number of carbonyl (C=O) groups is 2. The van der Waals surface area contributed by atoms with Gasteiger partial charge in [-0.3, -0.25) is 9.59 Å². The van der Waals surface area contributed by atoms with Crippen LogP contribution in [0.3, 0.4) is 0 Å². The number of hydrogen-bond donors (Lipinski definition) is 0. The van der Waals surface area contributed by atoms with Crippen LogP contribution in [0.2, 0.25) is 0 Å². The predicted molar refractivity (Wildman–Crippen MR) is 65.3 cm³/mol. The van der Waals surface area contributed by atoms with Gasteiger partial charge in [-0.2, -0.15) is 5.26 Å². The third-order valence-corrected chi connectivity index (χ3v) is 3.46. The van der Waals surface area contributed by atoms with Crippen LogP contribution in [0.4, 0.5) is 0 Å². The first-order valence-corrected chi connectivity index (χ1v) is 6.31. The SMILES string of the molecule is CCCC(C#N)C(=O)N1CC(C)C(C(=O)OC)C1. The molecule has 3 unspecified atom stereocenters. The van der Waals surface area contributed by atoms with Crippen LogP contribution < -0.4 is 0 Å². The van der Waals surface area contributed by atoms with Crippen molar-refractivity contribution in [1.82, 2.24) is 4.90 Å². The van der Waals surface area contributed by atoms with Gasteiger partial charge in [0.15, 0.2) is 0 Å². The highest BCUT2D eigenvalue weighted by molar-refractivity contribution is 5.83. The maximum atomic E-state index is 12.1. The second-order valence-electron chi connectivity index (χ2n) is 4.82. The van der Waals surface area contributed by atoms with E-state index in [4.69, 9.17) is 10.00 Å². The number of rotatable bonds is 4. The molecule has 0 aromatic rings. The number of nitrogens with zero attached hydrogens (tertiary/aromatic N) is 2. The van der Waals surface area contributed by atoms with Gasteiger partial charge in [-0.25, -0.2) is 0 Å². The molecule has 0 radical (unpaired) electrons. The molecule has 0 bridgehead atoms. The Kier molecular flexibility index (Phi) is 5.14. The second-order valence-corrected chi connectivity index (χ2v) is 4.82. The first-order chi connectivity index (χ1) is 8.54. The van der Waals surface area contributed by atoms with Crippen molar-refractivity contribution in [2.75, 3.05) is 20.2 Å². The number of hydrogen-bond acceptors (Lipinski definition) is 4. The van der Waals surface area contributed by atoms with Gasteiger partial charge in [0, 0.05) is 13.1 Å². The van der Waals surface area contributed by atoms with E-state index in [-0.39, 0.29) is 23.7 Å². The van der Waals surface area contributed by atoms with Crippen LogP contribution in [0.25, 0.3) is 0 Å². The summed E-state index contributed by atoms with van der Waals surface area (Å²) in [5.74, 6) is -1.19. The van der Waals surface area contributed by atoms with E-state index in [2.05, 4.69) is 0 Å². The molecule has 0 aromatic heterocycles. The van der Waals surface area contributed by atoms with E-state index in [1.165, 1.54) is 7.11 Å². The van der Waals surface area contributed by atoms with Gasteiger partial charge in [-0.1, -0.05) is 20.3 Å². The van der Waals surface area contributed by atoms with Crippen molar-refractivity contribution in [1.29, 1.82) is 5.26 Å². The largest absolute Gasteiger partial charge is 0.469 e. The Morgan fingerprint density at radius 3 is 2.67 bits per heavy atom. The van der Waals surface area contributed by atoms with Gasteiger partial charge >= 0.3 is 5.97 Å². The number of esters is 1. The lowest BCUT2D eigenvalue weighted by atomic mass is 9.99. The van der Waals surface area contributed by atoms with E-state index in [9.17, 15) is 9.59 Å². The lowest BCUT2D eigenvalue weighted by molar-refractivity contribution is -0.146. The highest BCUT2D eigenvalue weighted by Gasteiger charge is 2.39. The first kappa shape index (κ1) is 14.5. The lowest BCUT2D eigenvalue weighted by Gasteiger charge is -2.18. The van der Waals surface area contributed by atoms with Crippen LogP contribution in [0.5, 0.6) is 0 Å². The molecule has 1 saturated heterocycles. The average molecular weight is 252 g/mol. The van der Waals surface area contributed by atoms with E-state index >= 15 is 0 Å². The van der Waals surface area contributed by atoms with E-state index in [0.29, 0.717) is 19.5 Å². The molecule has 0 saturated carbocycles. The van der Waals surface area contributed by atoms with Crippen molar-refractivity contribution in [3.8, 4) is 6.07 Å². The van der Waals surface area contributed by atoms with Crippen LogP contribution in [0.1, 0.15) is 26.7 Å². The topological polar surface area (TPSA) is 70.4 Å². The third kappa shape index (κ3) is 3.00. The summed E-state index contributed by atoms with van der Waals surface area (Å²) in [5.41, 5.74) is 0. The number of nitriles is 1. The Morgan fingerprint density at radius 2 is 2.17 bits per heavy atom. The standard InChI is InChI=1S/C13H20N2O3/c1-4-5-10(6-14)12(16)15-7-9(2)11(8-15)13(17)18-3/h9-11H,4-5,7-8H2,1-3H3. The van der Waals surface area contributed by atoms with Crippen LogP contribution >= 0.6 is 0 Å². The van der Waals surface area contributed by atoms with Crippen LogP contribution in [-0.2, 0) is 14.3 Å². The predicted octanol–water partition coefficient (Wildman–Crippen LogP) is 1.19. The summed E-state index contributed by atoms with van der Waals surface area (Å²) >= 11 is 0. The monoisotopic (exact) mass is 252 g/mol. The second kappa shape index (κ2) is 6.39. The van der Waals surface area contributed by atoms with Crippen molar-refractivity contribution >= 4 is 11.9 Å². The van der Waals surface area contributed by atoms with Crippen molar-refractivity contribution in [3.63, 3.8) is 0 Å². The lowest BCUT2D eigenvalue weighted by Crippen LogP contribution is -2.34. The first-order valence-electron chi connectivity index (χ1n) is 6.31. The molecule has 1 amide bonds. The summed E-state index contributed by atoms with van der Waals surface area (Å²) in [6, 6.07) is 2.05. The van der Waals surface area contributed by atoms with E-state index < -0.39 is 5.92 Å². The zero-order valence-electron chi connectivity index (χ0n) is 11.2. The number of ether oxygens (including phenoxy) is 1. The Balaban J connectivity index is 2.68. The fourth-order valence-corrected chi connectivity index (χ4v) is 2.36. The highest BCUT2D eigenvalue weighted by atomic mass is 16.5. The third-order valence-electron chi connectivity index (χ3n) is 3.46. The van der Waals surface area contributed by atoms with Gasteiger partial charge in [0.25, 0.3) is 0 Å². The molecule has 5 heteroatoms. The number of amides is 1. The Morgan fingerprint density at radius 1 is 1.50 bits per heavy atom. The summed E-state index contributed by atoms with van der Waals surface area (Å²) in [5, 5.41) is 8.99. The van der Waals surface area contributed by atoms with E-state index in [1.54, 1.807) is 4.90 Å². The highest BCUT2D eigenvalue weighted by Crippen LogP contribution is 2.26. The van der Waals surface area contributed by atoms with Gasteiger partial charge in [-0.15, -0.1) is 0 Å². The van der Waals surface area contributed by atoms with Crippen molar-refractivity contribution in [3.05, 3.63) is 0 Å². The minimum absolute atomic E-state index is 0.0855. The molecular formula is C13H20N2O3. The maximum Gasteiger partial charge on any atom is 0.310 e. The van der Waals surface area contributed by atoms with Crippen molar-refractivity contribution < 1.29 is 14.3 Å². The van der Waals surface area contributed by atoms with E-state index in [0.717, 1.165) is 6.42 Å². The molecule has 1 heterocycles. The quantitative estimate of drug-likeness (QED) is 0.705. The Bertz CT molecular complexity index is 362. The molecule has 3 atom stereocenters. The van der Waals surface area contributed by atoms with Gasteiger partial charge in [0.2, 0.25) is 5.91 Å². The summed E-state index contributed by atoms with van der Waals surface area (Å²) in [6.45, 7) is 4.77. The van der Waals surface area contributed by atoms with Crippen LogP contribution in [-0.4, -0.2) is 37.0 Å². The van der Waals surface area contributed by atoms with Gasteiger partial charge < -0.3 is 9.64 Å². The smallest absolute Gasteiger partial charge is 0.310 e. The van der Waals surface area contributed by atoms with Gasteiger partial charge in [-0.05, 0) is 12.3 Å². The van der Waals surface area contributed by atoms with E-state index in [1.807, 2.05) is 19.9 Å². The minimum atomic E-state index is -0.585. The maximum absolute atomic E-state index is 12.1. The Hall–Kier alpha value is -1.57. The molecule has 1 aliphatic rings. The molecule has 0 spiro atoms. The molecule has 0 N–H and O–H groups in total. The fourth-order valence-electron chi connectivity index (χ4n) is 2.36. The molecular weight excluding hydrogens is 232 g/mol. The summed E-state index contributed by atoms with van der Waals surface area (Å²) in [4.78, 5) is 25.3. The number of methoxy groups -OCH3 is 1. The van der Waals surface area contributed by atoms with Crippen molar-refractivity contribution in [2.24, 2.45) is 17.8 Å². The number of carbonyl (C=O) groups excluding carboxylic acids is 2. The molecule has 5 nitrogen and oxygen atoms in total. The number of likely N-dealkylation sites (tertiary alicyclic amines) is 1. The van der Waals surface area contributed by atoms with Gasteiger partial charge in [0.1, 0.15) is 5.92 Å². The van der Waals surface area contributed by atoms with Crippen molar-refractivity contribution in [2.45, 2.75) is 26.7 Å². The molecule has 0 aromatic carbocycles. The minimum Gasteiger partial charge on any atom is -0.469 e. The summed E-state index contributed by atoms with van der Waals surface area (Å²) in [6.07, 6.45) is 1.37. The molecule has 18 heavy (non-hydrogen) atoms. The van der Waals surface area contributed by atoms with Gasteiger partial charge in [0.05, 0.1) is 19.1 Å².